The van der Waals surface area contributed by atoms with Crippen molar-refractivity contribution >= 4 is 21.9 Å². The van der Waals surface area contributed by atoms with E-state index in [0.717, 1.165) is 15.6 Å². The molecule has 4 nitrogen and oxygen atoms in total. The highest BCUT2D eigenvalue weighted by molar-refractivity contribution is 9.10. The number of aryl methyl sites for hydroxylation is 1. The van der Waals surface area contributed by atoms with Gasteiger partial charge >= 0.3 is 5.97 Å². The van der Waals surface area contributed by atoms with Crippen molar-refractivity contribution in [3.63, 3.8) is 0 Å². The molecular formula is C15H16BrNO3. The van der Waals surface area contributed by atoms with Crippen molar-refractivity contribution in [3.05, 3.63) is 39.7 Å². The number of aromatic nitrogens is 1. The Hall–Kier alpha value is -1.62. The number of hydrogen-bond acceptors (Lipinski definition) is 3. The number of oxazole rings is 1. The van der Waals surface area contributed by atoms with Crippen LogP contribution in [0.3, 0.4) is 0 Å². The number of aromatic carboxylic acids is 1. The molecule has 0 aliphatic rings. The fourth-order valence-corrected chi connectivity index (χ4v) is 2.31. The third-order valence-corrected chi connectivity index (χ3v) is 3.58. The van der Waals surface area contributed by atoms with Crippen molar-refractivity contribution in [2.75, 3.05) is 0 Å². The van der Waals surface area contributed by atoms with Crippen molar-refractivity contribution in [2.24, 2.45) is 0 Å². The Labute approximate surface area is 126 Å². The number of benzene rings is 1. The normalized spacial score (nSPS) is 11.7. The van der Waals surface area contributed by atoms with Gasteiger partial charge < -0.3 is 9.52 Å². The zero-order valence-corrected chi connectivity index (χ0v) is 13.4. The summed E-state index contributed by atoms with van der Waals surface area (Å²) in [6.45, 7) is 7.69. The van der Waals surface area contributed by atoms with E-state index in [1.807, 2.05) is 45.9 Å². The van der Waals surface area contributed by atoms with Crippen LogP contribution in [-0.4, -0.2) is 16.1 Å². The minimum atomic E-state index is -1.10. The Kier molecular flexibility index (Phi) is 3.73. The molecule has 0 saturated carbocycles. The maximum absolute atomic E-state index is 11.3. The Morgan fingerprint density at radius 1 is 1.35 bits per heavy atom. The van der Waals surface area contributed by atoms with Crippen molar-refractivity contribution in [1.29, 1.82) is 0 Å². The summed E-state index contributed by atoms with van der Waals surface area (Å²) in [5.74, 6) is -0.874. The lowest BCUT2D eigenvalue weighted by Gasteiger charge is -2.14. The molecule has 5 heteroatoms. The number of rotatable bonds is 2. The van der Waals surface area contributed by atoms with E-state index in [4.69, 9.17) is 4.42 Å². The molecule has 0 amide bonds. The van der Waals surface area contributed by atoms with Gasteiger partial charge in [0.15, 0.2) is 0 Å². The first-order valence-corrected chi connectivity index (χ1v) is 7.00. The molecule has 0 atom stereocenters. The third-order valence-electron chi connectivity index (χ3n) is 2.88. The van der Waals surface area contributed by atoms with Gasteiger partial charge in [0.25, 0.3) is 0 Å². The first-order chi connectivity index (χ1) is 9.20. The van der Waals surface area contributed by atoms with Crippen LogP contribution in [0.25, 0.3) is 11.5 Å². The Bertz CT molecular complexity index is 668. The number of carbonyl (C=O) groups is 1. The number of carboxylic acid groups (broad SMARTS) is 1. The van der Waals surface area contributed by atoms with Crippen LogP contribution in [-0.2, 0) is 5.41 Å². The second-order valence-electron chi connectivity index (χ2n) is 5.74. The van der Waals surface area contributed by atoms with Crippen LogP contribution < -0.4 is 0 Å². The highest BCUT2D eigenvalue weighted by Gasteiger charge is 2.29. The lowest BCUT2D eigenvalue weighted by molar-refractivity contribution is 0.0659. The van der Waals surface area contributed by atoms with Crippen molar-refractivity contribution in [1.82, 2.24) is 4.98 Å². The molecule has 0 saturated heterocycles. The quantitative estimate of drug-likeness (QED) is 0.881. The predicted octanol–water partition coefficient (Wildman–Crippen LogP) is 4.41. The molecule has 20 heavy (non-hydrogen) atoms. The third kappa shape index (κ3) is 2.77. The van der Waals surface area contributed by atoms with Gasteiger partial charge in [0.2, 0.25) is 11.7 Å². The molecular weight excluding hydrogens is 322 g/mol. The minimum absolute atomic E-state index is 0.0964. The first-order valence-electron chi connectivity index (χ1n) is 6.21. The molecule has 0 spiro atoms. The summed E-state index contributed by atoms with van der Waals surface area (Å²) < 4.78 is 6.31. The molecule has 1 heterocycles. The largest absolute Gasteiger partial charge is 0.475 e. The molecule has 0 fully saturated rings. The van der Waals surface area contributed by atoms with E-state index in [1.165, 1.54) is 0 Å². The summed E-state index contributed by atoms with van der Waals surface area (Å²) in [4.78, 5) is 15.7. The molecule has 0 aliphatic heterocycles. The maximum Gasteiger partial charge on any atom is 0.373 e. The van der Waals surface area contributed by atoms with Crippen LogP contribution in [0.15, 0.2) is 27.1 Å². The second kappa shape index (κ2) is 5.05. The Balaban J connectivity index is 2.65. The summed E-state index contributed by atoms with van der Waals surface area (Å²) in [6, 6.07) is 5.76. The molecule has 2 rings (SSSR count). The summed E-state index contributed by atoms with van der Waals surface area (Å²) in [5.41, 5.74) is 1.86. The molecule has 2 aromatic rings. The molecule has 1 aromatic carbocycles. The van der Waals surface area contributed by atoms with Crippen molar-refractivity contribution in [3.8, 4) is 11.5 Å². The van der Waals surface area contributed by atoms with Gasteiger partial charge in [0.1, 0.15) is 5.69 Å². The van der Waals surface area contributed by atoms with Crippen LogP contribution in [0.1, 0.15) is 42.6 Å². The summed E-state index contributed by atoms with van der Waals surface area (Å²) in [6.07, 6.45) is 0. The summed E-state index contributed by atoms with van der Waals surface area (Å²) >= 11 is 3.44. The highest BCUT2D eigenvalue weighted by Crippen LogP contribution is 2.33. The van der Waals surface area contributed by atoms with E-state index in [0.29, 0.717) is 11.6 Å². The zero-order valence-electron chi connectivity index (χ0n) is 11.8. The van der Waals surface area contributed by atoms with Gasteiger partial charge in [-0.05, 0) is 35.0 Å². The van der Waals surface area contributed by atoms with Crippen LogP contribution in [0.5, 0.6) is 0 Å². The predicted molar refractivity (Wildman–Crippen MR) is 80.0 cm³/mol. The smallest absolute Gasteiger partial charge is 0.373 e. The van der Waals surface area contributed by atoms with Gasteiger partial charge in [-0.3, -0.25) is 0 Å². The second-order valence-corrected chi connectivity index (χ2v) is 6.59. The van der Waals surface area contributed by atoms with Gasteiger partial charge in [-0.2, -0.15) is 0 Å². The summed E-state index contributed by atoms with van der Waals surface area (Å²) in [5, 5.41) is 9.27. The van der Waals surface area contributed by atoms with Gasteiger partial charge in [-0.1, -0.05) is 32.4 Å². The molecule has 1 N–H and O–H groups in total. The number of carboxylic acids is 1. The van der Waals surface area contributed by atoms with Crippen LogP contribution in [0.2, 0.25) is 0 Å². The van der Waals surface area contributed by atoms with Crippen molar-refractivity contribution < 1.29 is 14.3 Å². The molecule has 0 aliphatic carbocycles. The zero-order chi connectivity index (χ0) is 15.1. The molecule has 0 radical (unpaired) electrons. The van der Waals surface area contributed by atoms with Gasteiger partial charge in [-0.15, -0.1) is 0 Å². The number of halogens is 1. The van der Waals surface area contributed by atoms with E-state index >= 15 is 0 Å². The van der Waals surface area contributed by atoms with Gasteiger partial charge in [0, 0.05) is 9.89 Å². The number of hydrogen-bond donors (Lipinski definition) is 1. The van der Waals surface area contributed by atoms with E-state index < -0.39 is 11.4 Å². The van der Waals surface area contributed by atoms with E-state index in [2.05, 4.69) is 20.9 Å². The topological polar surface area (TPSA) is 63.3 Å². The lowest BCUT2D eigenvalue weighted by atomic mass is 9.91. The average molecular weight is 338 g/mol. The van der Waals surface area contributed by atoms with Crippen molar-refractivity contribution in [2.45, 2.75) is 33.1 Å². The molecule has 1 aromatic heterocycles. The molecule has 106 valence electrons. The van der Waals surface area contributed by atoms with E-state index in [1.54, 1.807) is 0 Å². The van der Waals surface area contributed by atoms with Gasteiger partial charge in [0.05, 0.1) is 5.56 Å². The van der Waals surface area contributed by atoms with Crippen LogP contribution >= 0.6 is 15.9 Å². The Morgan fingerprint density at radius 3 is 2.50 bits per heavy atom. The lowest BCUT2D eigenvalue weighted by Crippen LogP contribution is -2.16. The fourth-order valence-electron chi connectivity index (χ4n) is 1.89. The monoisotopic (exact) mass is 337 g/mol. The van der Waals surface area contributed by atoms with Gasteiger partial charge in [-0.25, -0.2) is 9.78 Å². The van der Waals surface area contributed by atoms with Crippen LogP contribution in [0, 0.1) is 6.92 Å². The standard InChI is InChI=1S/C15H16BrNO3/c1-8-5-6-10(16)9(7-8)13-17-12(15(2,3)4)11(20-13)14(18)19/h5-7H,1-4H3,(H,18,19). The molecule has 0 bridgehead atoms. The van der Waals surface area contributed by atoms with E-state index in [-0.39, 0.29) is 5.76 Å². The van der Waals surface area contributed by atoms with Crippen LogP contribution in [0.4, 0.5) is 0 Å². The minimum Gasteiger partial charge on any atom is -0.475 e. The maximum atomic E-state index is 11.3. The highest BCUT2D eigenvalue weighted by atomic mass is 79.9. The number of nitrogens with zero attached hydrogens (tertiary/aromatic N) is 1. The average Bonchev–Trinajstić information content (AvgIpc) is 2.77. The van der Waals surface area contributed by atoms with E-state index in [9.17, 15) is 9.90 Å². The fraction of sp³-hybridized carbons (Fsp3) is 0.333. The first kappa shape index (κ1) is 14.8. The SMILES string of the molecule is Cc1ccc(Br)c(-c2nc(C(C)(C)C)c(C(=O)O)o2)c1. The summed E-state index contributed by atoms with van der Waals surface area (Å²) in [7, 11) is 0. The molecule has 0 unspecified atom stereocenters. The Morgan fingerprint density at radius 2 is 2.00 bits per heavy atom.